The first-order chi connectivity index (χ1) is 14.8. The Kier molecular flexibility index (Phi) is 12.0. The molecule has 0 spiro atoms. The largest absolute Gasteiger partial charge is 0.496 e. The van der Waals surface area contributed by atoms with E-state index in [1.165, 1.54) is 31.2 Å². The summed E-state index contributed by atoms with van der Waals surface area (Å²) in [7, 11) is 3.60. The summed E-state index contributed by atoms with van der Waals surface area (Å²) < 4.78 is 16.9. The molecule has 6 nitrogen and oxygen atoms in total. The maximum Gasteiger partial charge on any atom is 0.191 e. The molecule has 1 aliphatic carbocycles. The Morgan fingerprint density at radius 2 is 1.90 bits per heavy atom. The molecule has 0 radical (unpaired) electrons. The van der Waals surface area contributed by atoms with Crippen LogP contribution in [0.1, 0.15) is 50.5 Å². The van der Waals surface area contributed by atoms with Gasteiger partial charge < -0.3 is 24.8 Å². The van der Waals surface area contributed by atoms with Gasteiger partial charge in [0.15, 0.2) is 5.96 Å². The number of aliphatic imine (C=N–C) groups is 1. The third-order valence-electron chi connectivity index (χ3n) is 6.51. The highest BCUT2D eigenvalue weighted by atomic mass is 127. The molecule has 3 rings (SSSR count). The van der Waals surface area contributed by atoms with Crippen LogP contribution in [-0.2, 0) is 14.9 Å². The van der Waals surface area contributed by atoms with Crippen molar-refractivity contribution in [2.45, 2.75) is 50.4 Å². The van der Waals surface area contributed by atoms with E-state index in [9.17, 15) is 0 Å². The second kappa shape index (κ2) is 14.2. The van der Waals surface area contributed by atoms with Gasteiger partial charge in [-0.3, -0.25) is 4.99 Å². The first kappa shape index (κ1) is 26.2. The molecule has 0 unspecified atom stereocenters. The lowest BCUT2D eigenvalue weighted by Crippen LogP contribution is -2.45. The standard InChI is InChI=1S/C24H39N3O3.HI/c1-25-23(26-14-7-15-30-18-20-10-16-29-17-11-20)27-19-24(12-5-6-13-24)21-8-3-4-9-22(21)28-2;/h3-4,8-9,20H,5-7,10-19H2,1-2H3,(H2,25,26,27);1H. The topological polar surface area (TPSA) is 64.1 Å². The van der Waals surface area contributed by atoms with E-state index < -0.39 is 0 Å². The zero-order valence-electron chi connectivity index (χ0n) is 19.2. The van der Waals surface area contributed by atoms with Gasteiger partial charge in [-0.1, -0.05) is 31.0 Å². The number of rotatable bonds is 10. The molecule has 1 aromatic carbocycles. The van der Waals surface area contributed by atoms with Gasteiger partial charge in [0.25, 0.3) is 0 Å². The van der Waals surface area contributed by atoms with E-state index in [1.807, 2.05) is 13.1 Å². The monoisotopic (exact) mass is 545 g/mol. The van der Waals surface area contributed by atoms with Crippen LogP contribution in [0.25, 0.3) is 0 Å². The molecule has 1 aromatic rings. The quantitative estimate of drug-likeness (QED) is 0.201. The summed E-state index contributed by atoms with van der Waals surface area (Å²) >= 11 is 0. The predicted molar refractivity (Wildman–Crippen MR) is 137 cm³/mol. The normalized spacial score (nSPS) is 19.0. The number of hydrogen-bond donors (Lipinski definition) is 2. The van der Waals surface area contributed by atoms with Gasteiger partial charge in [0.2, 0.25) is 0 Å². The second-order valence-corrected chi connectivity index (χ2v) is 8.52. The van der Waals surface area contributed by atoms with Gasteiger partial charge in [-0.25, -0.2) is 0 Å². The molecule has 176 valence electrons. The molecule has 0 atom stereocenters. The average Bonchev–Trinajstić information content (AvgIpc) is 3.28. The number of methoxy groups -OCH3 is 1. The van der Waals surface area contributed by atoms with Crippen LogP contribution in [0.4, 0.5) is 0 Å². The summed E-state index contributed by atoms with van der Waals surface area (Å²) in [6.07, 6.45) is 8.11. The number of guanidine groups is 1. The van der Waals surface area contributed by atoms with Crippen molar-refractivity contribution >= 4 is 29.9 Å². The smallest absolute Gasteiger partial charge is 0.191 e. The Labute approximate surface area is 204 Å². The van der Waals surface area contributed by atoms with Crippen molar-refractivity contribution in [2.24, 2.45) is 10.9 Å². The molecule has 0 amide bonds. The predicted octanol–water partition coefficient (Wildman–Crippen LogP) is 4.12. The fraction of sp³-hybridized carbons (Fsp3) is 0.708. The van der Waals surface area contributed by atoms with Crippen LogP contribution >= 0.6 is 24.0 Å². The summed E-state index contributed by atoms with van der Waals surface area (Å²) in [5.41, 5.74) is 1.42. The highest BCUT2D eigenvalue weighted by Crippen LogP contribution is 2.44. The minimum Gasteiger partial charge on any atom is -0.496 e. The zero-order valence-corrected chi connectivity index (χ0v) is 21.5. The summed E-state index contributed by atoms with van der Waals surface area (Å²) in [4.78, 5) is 4.42. The Morgan fingerprint density at radius 1 is 1.16 bits per heavy atom. The fourth-order valence-electron chi connectivity index (χ4n) is 4.69. The minimum atomic E-state index is 0. The van der Waals surface area contributed by atoms with Crippen LogP contribution in [-0.4, -0.2) is 59.6 Å². The number of benzene rings is 1. The summed E-state index contributed by atoms with van der Waals surface area (Å²) in [6.45, 7) is 5.13. The number of halogens is 1. The Morgan fingerprint density at radius 3 is 2.61 bits per heavy atom. The van der Waals surface area contributed by atoms with Gasteiger partial charge in [-0.05, 0) is 44.1 Å². The molecule has 0 bridgehead atoms. The van der Waals surface area contributed by atoms with Gasteiger partial charge in [0.05, 0.1) is 7.11 Å². The lowest BCUT2D eigenvalue weighted by Gasteiger charge is -2.32. The van der Waals surface area contributed by atoms with Crippen LogP contribution in [0.2, 0.25) is 0 Å². The summed E-state index contributed by atoms with van der Waals surface area (Å²) in [6, 6.07) is 8.45. The molecular weight excluding hydrogens is 505 g/mol. The van der Waals surface area contributed by atoms with Crippen molar-refractivity contribution < 1.29 is 14.2 Å². The van der Waals surface area contributed by atoms with E-state index >= 15 is 0 Å². The SMILES string of the molecule is CN=C(NCCCOCC1CCOCC1)NCC1(c2ccccc2OC)CCCC1.I. The van der Waals surface area contributed by atoms with Crippen molar-refractivity contribution in [2.75, 3.05) is 53.7 Å². The van der Waals surface area contributed by atoms with E-state index in [4.69, 9.17) is 14.2 Å². The Bertz CT molecular complexity index is 659. The number of nitrogens with zero attached hydrogens (tertiary/aromatic N) is 1. The van der Waals surface area contributed by atoms with Crippen molar-refractivity contribution in [3.8, 4) is 5.75 Å². The molecular formula is C24H40IN3O3. The van der Waals surface area contributed by atoms with Crippen LogP contribution in [0.3, 0.4) is 0 Å². The van der Waals surface area contributed by atoms with E-state index in [-0.39, 0.29) is 29.4 Å². The van der Waals surface area contributed by atoms with E-state index in [2.05, 4.69) is 33.8 Å². The maximum absolute atomic E-state index is 5.86. The van der Waals surface area contributed by atoms with Gasteiger partial charge in [0.1, 0.15) is 5.75 Å². The number of nitrogens with one attached hydrogen (secondary N) is 2. The molecule has 2 fully saturated rings. The van der Waals surface area contributed by atoms with Crippen molar-refractivity contribution in [3.05, 3.63) is 29.8 Å². The molecule has 31 heavy (non-hydrogen) atoms. The van der Waals surface area contributed by atoms with Crippen LogP contribution in [0.5, 0.6) is 5.75 Å². The molecule has 1 saturated heterocycles. The first-order valence-electron chi connectivity index (χ1n) is 11.5. The summed E-state index contributed by atoms with van der Waals surface area (Å²) in [5, 5.41) is 7.01. The van der Waals surface area contributed by atoms with E-state index in [0.29, 0.717) is 5.92 Å². The van der Waals surface area contributed by atoms with Crippen LogP contribution in [0.15, 0.2) is 29.3 Å². The average molecular weight is 546 g/mol. The zero-order chi connectivity index (χ0) is 21.1. The first-order valence-corrected chi connectivity index (χ1v) is 11.5. The van der Waals surface area contributed by atoms with Crippen molar-refractivity contribution in [3.63, 3.8) is 0 Å². The van der Waals surface area contributed by atoms with Crippen molar-refractivity contribution in [1.29, 1.82) is 0 Å². The molecule has 1 heterocycles. The molecule has 7 heteroatoms. The maximum atomic E-state index is 5.86. The van der Waals surface area contributed by atoms with Crippen molar-refractivity contribution in [1.82, 2.24) is 10.6 Å². The third-order valence-corrected chi connectivity index (χ3v) is 6.51. The molecule has 1 saturated carbocycles. The van der Waals surface area contributed by atoms with Gasteiger partial charge >= 0.3 is 0 Å². The molecule has 2 aliphatic rings. The van der Waals surface area contributed by atoms with Gasteiger partial charge in [-0.15, -0.1) is 24.0 Å². The highest BCUT2D eigenvalue weighted by molar-refractivity contribution is 14.0. The molecule has 2 N–H and O–H groups in total. The Balaban J connectivity index is 0.00000341. The minimum absolute atomic E-state index is 0. The van der Waals surface area contributed by atoms with Gasteiger partial charge in [0, 0.05) is 57.5 Å². The highest BCUT2D eigenvalue weighted by Gasteiger charge is 2.37. The second-order valence-electron chi connectivity index (χ2n) is 8.52. The lowest BCUT2D eigenvalue weighted by molar-refractivity contribution is 0.0203. The van der Waals surface area contributed by atoms with Crippen LogP contribution < -0.4 is 15.4 Å². The molecule has 0 aromatic heterocycles. The number of para-hydroxylation sites is 1. The third kappa shape index (κ3) is 7.79. The van der Waals surface area contributed by atoms with Gasteiger partial charge in [-0.2, -0.15) is 0 Å². The Hall–Kier alpha value is -1.06. The van der Waals surface area contributed by atoms with Crippen LogP contribution in [0, 0.1) is 5.92 Å². The lowest BCUT2D eigenvalue weighted by atomic mass is 9.78. The van der Waals surface area contributed by atoms with E-state index in [0.717, 1.165) is 70.5 Å². The molecule has 1 aliphatic heterocycles. The van der Waals surface area contributed by atoms with E-state index in [1.54, 1.807) is 7.11 Å². The number of hydrogen-bond acceptors (Lipinski definition) is 4. The summed E-state index contributed by atoms with van der Waals surface area (Å²) in [5.74, 6) is 2.52. The fourth-order valence-corrected chi connectivity index (χ4v) is 4.69. The number of ether oxygens (including phenoxy) is 3.